The maximum Gasteiger partial charge on any atom is 0.146 e. The highest BCUT2D eigenvalue weighted by molar-refractivity contribution is 14.1. The van der Waals surface area contributed by atoms with Gasteiger partial charge in [0.15, 0.2) is 0 Å². The van der Waals surface area contributed by atoms with Crippen LogP contribution in [0.4, 0.5) is 0 Å². The zero-order chi connectivity index (χ0) is 7.40. The van der Waals surface area contributed by atoms with Crippen molar-refractivity contribution in [2.45, 2.75) is 11.0 Å². The maximum atomic E-state index is 5.40. The van der Waals surface area contributed by atoms with Gasteiger partial charge in [-0.05, 0) is 41.6 Å². The number of hydrogen-bond donors (Lipinski definition) is 0. The molecule has 0 saturated carbocycles. The number of alkyl halides is 1. The van der Waals surface area contributed by atoms with E-state index in [0.717, 1.165) is 5.75 Å². The van der Waals surface area contributed by atoms with E-state index in [-0.39, 0.29) is 17.6 Å². The Morgan fingerprint density at radius 2 is 1.82 bits per heavy atom. The number of ether oxygens (including phenoxy) is 1. The van der Waals surface area contributed by atoms with Crippen molar-refractivity contribution < 1.29 is 4.74 Å². The second-order valence-electron chi connectivity index (χ2n) is 1.97. The molecule has 0 N–H and O–H groups in total. The van der Waals surface area contributed by atoms with E-state index in [4.69, 9.17) is 4.74 Å². The quantitative estimate of drug-likeness (QED) is 0.598. The lowest BCUT2D eigenvalue weighted by Crippen LogP contribution is -2.00. The van der Waals surface area contributed by atoms with Crippen LogP contribution in [0.3, 0.4) is 0 Å². The van der Waals surface area contributed by atoms with E-state index in [1.54, 1.807) is 0 Å². The van der Waals surface area contributed by atoms with E-state index < -0.39 is 0 Å². The Bertz CT molecular complexity index is 189. The summed E-state index contributed by atoms with van der Waals surface area (Å²) < 4.78 is 5.64. The number of para-hydroxylation sites is 1. The van der Waals surface area contributed by atoms with Gasteiger partial charge in [-0.2, -0.15) is 13.5 Å². The molecule has 11 heavy (non-hydrogen) atoms. The summed E-state index contributed by atoms with van der Waals surface area (Å²) in [5.41, 5.74) is 0. The molecule has 0 aliphatic heterocycles. The Balaban J connectivity index is 0.000001000. The molecule has 1 atom stereocenters. The molecule has 1 aromatic carbocycles. The van der Waals surface area contributed by atoms with Gasteiger partial charge >= 0.3 is 0 Å². The Morgan fingerprint density at radius 3 is 2.27 bits per heavy atom. The normalized spacial score (nSPS) is 11.5. The summed E-state index contributed by atoms with van der Waals surface area (Å²) in [5, 5.41) is 0. The number of benzene rings is 1. The predicted octanol–water partition coefficient (Wildman–Crippen LogP) is 2.96. The molecule has 0 aliphatic rings. The Morgan fingerprint density at radius 1 is 1.27 bits per heavy atom. The van der Waals surface area contributed by atoms with E-state index >= 15 is 0 Å². The molecule has 0 saturated heterocycles. The summed E-state index contributed by atoms with van der Waals surface area (Å²) >= 11 is 2.22. The van der Waals surface area contributed by atoms with Crippen LogP contribution in [0.25, 0.3) is 0 Å². The molecule has 0 bridgehead atoms. The van der Waals surface area contributed by atoms with E-state index in [2.05, 4.69) is 22.6 Å². The Labute approximate surface area is 87.7 Å². The van der Waals surface area contributed by atoms with Crippen molar-refractivity contribution in [3.05, 3.63) is 30.3 Å². The van der Waals surface area contributed by atoms with E-state index in [0.29, 0.717) is 0 Å². The van der Waals surface area contributed by atoms with Gasteiger partial charge in [-0.15, -0.1) is 0 Å². The highest BCUT2D eigenvalue weighted by Crippen LogP contribution is 2.12. The fraction of sp³-hybridized carbons (Fsp3) is 0.250. The van der Waals surface area contributed by atoms with Crippen molar-refractivity contribution in [3.63, 3.8) is 0 Å². The first-order valence-electron chi connectivity index (χ1n) is 3.15. The van der Waals surface area contributed by atoms with Crippen LogP contribution in [-0.4, -0.2) is 4.11 Å². The molecule has 1 aromatic rings. The molecule has 62 valence electrons. The third kappa shape index (κ3) is 4.53. The van der Waals surface area contributed by atoms with Gasteiger partial charge in [0, 0.05) is 0 Å². The van der Waals surface area contributed by atoms with Gasteiger partial charge in [-0.3, -0.25) is 0 Å². The molecule has 1 rings (SSSR count). The minimum Gasteiger partial charge on any atom is -0.480 e. The molecular formula is C8H11IOS. The highest BCUT2D eigenvalue weighted by atomic mass is 127. The summed E-state index contributed by atoms with van der Waals surface area (Å²) in [4.78, 5) is 0. The molecule has 0 amide bonds. The summed E-state index contributed by atoms with van der Waals surface area (Å²) in [5.74, 6) is 0.935. The first-order chi connectivity index (χ1) is 4.79. The lowest BCUT2D eigenvalue weighted by Gasteiger charge is -2.06. The van der Waals surface area contributed by atoms with E-state index in [9.17, 15) is 0 Å². The average Bonchev–Trinajstić information content (AvgIpc) is 1.88. The zero-order valence-electron chi connectivity index (χ0n) is 6.25. The van der Waals surface area contributed by atoms with Gasteiger partial charge in [-0.25, -0.2) is 0 Å². The van der Waals surface area contributed by atoms with E-state index in [1.165, 1.54) is 0 Å². The standard InChI is InChI=1S/C8H9IO.H2S/c1-7(9)10-8-5-3-2-4-6-8;/h2-7H,1H3;1H2. The van der Waals surface area contributed by atoms with Gasteiger partial charge in [0.05, 0.1) is 0 Å². The molecular weight excluding hydrogens is 271 g/mol. The molecule has 0 heterocycles. The third-order valence-corrected chi connectivity index (χ3v) is 1.30. The zero-order valence-corrected chi connectivity index (χ0v) is 9.41. The first kappa shape index (κ1) is 11.1. The van der Waals surface area contributed by atoms with Crippen molar-refractivity contribution in [1.82, 2.24) is 0 Å². The monoisotopic (exact) mass is 282 g/mol. The maximum absolute atomic E-state index is 5.40. The lowest BCUT2D eigenvalue weighted by molar-refractivity contribution is 0.322. The van der Waals surface area contributed by atoms with Crippen molar-refractivity contribution in [2.75, 3.05) is 0 Å². The highest BCUT2D eigenvalue weighted by Gasteiger charge is 1.94. The largest absolute Gasteiger partial charge is 0.480 e. The second kappa shape index (κ2) is 5.71. The molecule has 0 aliphatic carbocycles. The fourth-order valence-corrected chi connectivity index (χ4v) is 0.980. The Hall–Kier alpha value is 0.100. The molecule has 1 nitrogen and oxygen atoms in total. The van der Waals surface area contributed by atoms with Crippen LogP contribution in [0.1, 0.15) is 6.92 Å². The van der Waals surface area contributed by atoms with Crippen LogP contribution < -0.4 is 4.74 Å². The SMILES string of the molecule is CC(I)Oc1ccccc1.S. The van der Waals surface area contributed by atoms with Crippen LogP contribution in [0.15, 0.2) is 30.3 Å². The predicted molar refractivity (Wildman–Crippen MR) is 60.9 cm³/mol. The van der Waals surface area contributed by atoms with Crippen LogP contribution in [-0.2, 0) is 0 Å². The lowest BCUT2D eigenvalue weighted by atomic mass is 10.3. The molecule has 0 radical (unpaired) electrons. The van der Waals surface area contributed by atoms with Crippen molar-refractivity contribution >= 4 is 36.1 Å². The first-order valence-corrected chi connectivity index (χ1v) is 4.39. The van der Waals surface area contributed by atoms with Crippen LogP contribution in [0.2, 0.25) is 0 Å². The van der Waals surface area contributed by atoms with E-state index in [1.807, 2.05) is 37.3 Å². The second-order valence-corrected chi connectivity index (χ2v) is 3.73. The molecule has 0 spiro atoms. The van der Waals surface area contributed by atoms with Gasteiger partial charge in [0.2, 0.25) is 0 Å². The van der Waals surface area contributed by atoms with Gasteiger partial charge in [0.1, 0.15) is 9.86 Å². The molecule has 1 unspecified atom stereocenters. The van der Waals surface area contributed by atoms with Crippen LogP contribution in [0.5, 0.6) is 5.75 Å². The summed E-state index contributed by atoms with van der Waals surface area (Å²) in [6, 6.07) is 9.82. The number of rotatable bonds is 2. The third-order valence-electron chi connectivity index (χ3n) is 1.04. The van der Waals surface area contributed by atoms with Crippen molar-refractivity contribution in [2.24, 2.45) is 0 Å². The summed E-state index contributed by atoms with van der Waals surface area (Å²) in [6.07, 6.45) is 0. The summed E-state index contributed by atoms with van der Waals surface area (Å²) in [6.45, 7) is 2.01. The van der Waals surface area contributed by atoms with Crippen molar-refractivity contribution in [1.29, 1.82) is 0 Å². The fourth-order valence-electron chi connectivity index (χ4n) is 0.687. The van der Waals surface area contributed by atoms with Crippen LogP contribution in [0, 0.1) is 0 Å². The number of hydrogen-bond acceptors (Lipinski definition) is 1. The molecule has 0 fully saturated rings. The average molecular weight is 282 g/mol. The van der Waals surface area contributed by atoms with Gasteiger partial charge in [0.25, 0.3) is 0 Å². The van der Waals surface area contributed by atoms with Gasteiger partial charge in [-0.1, -0.05) is 18.2 Å². The minimum atomic E-state index is 0. The van der Waals surface area contributed by atoms with Crippen molar-refractivity contribution in [3.8, 4) is 5.75 Å². The molecule has 0 aromatic heterocycles. The van der Waals surface area contributed by atoms with Crippen LogP contribution >= 0.6 is 36.1 Å². The van der Waals surface area contributed by atoms with Gasteiger partial charge < -0.3 is 4.74 Å². The smallest absolute Gasteiger partial charge is 0.146 e. The number of halogens is 1. The minimum absolute atomic E-state index is 0. The Kier molecular flexibility index (Phi) is 5.76. The topological polar surface area (TPSA) is 9.23 Å². The summed E-state index contributed by atoms with van der Waals surface area (Å²) in [7, 11) is 0. The molecule has 3 heteroatoms.